The highest BCUT2D eigenvalue weighted by Crippen LogP contribution is 2.25. The minimum Gasteiger partial charge on any atom is -0.494 e. The minimum absolute atomic E-state index is 0.172. The zero-order chi connectivity index (χ0) is 18.7. The van der Waals surface area contributed by atoms with Gasteiger partial charge in [0.15, 0.2) is 0 Å². The van der Waals surface area contributed by atoms with E-state index in [1.54, 1.807) is 17.9 Å². The van der Waals surface area contributed by atoms with Crippen molar-refractivity contribution >= 4 is 17.5 Å². The molecule has 2 aromatic rings. The fraction of sp³-hybridized carbons (Fsp3) is 0.300. The summed E-state index contributed by atoms with van der Waals surface area (Å²) in [6, 6.07) is 12.2. The Kier molecular flexibility index (Phi) is 5.21. The molecule has 0 N–H and O–H groups in total. The number of benzene rings is 2. The second-order valence-electron chi connectivity index (χ2n) is 6.11. The van der Waals surface area contributed by atoms with Gasteiger partial charge >= 0.3 is 0 Å². The molecule has 26 heavy (non-hydrogen) atoms. The van der Waals surface area contributed by atoms with E-state index in [0.717, 1.165) is 5.69 Å². The molecule has 136 valence electrons. The lowest BCUT2D eigenvalue weighted by atomic mass is 10.1. The summed E-state index contributed by atoms with van der Waals surface area (Å²) in [5, 5.41) is 0. The van der Waals surface area contributed by atoms with Gasteiger partial charge in [-0.1, -0.05) is 12.1 Å². The topological polar surface area (TPSA) is 49.9 Å². The summed E-state index contributed by atoms with van der Waals surface area (Å²) < 4.78 is 18.9. The number of anilines is 1. The number of halogens is 1. The summed E-state index contributed by atoms with van der Waals surface area (Å²) in [7, 11) is 0. The number of hydrogen-bond donors (Lipinski definition) is 0. The van der Waals surface area contributed by atoms with Gasteiger partial charge in [0, 0.05) is 30.4 Å². The summed E-state index contributed by atoms with van der Waals surface area (Å²) in [4.78, 5) is 28.6. The molecule has 0 unspecified atom stereocenters. The van der Waals surface area contributed by atoms with Gasteiger partial charge in [-0.05, 0) is 44.2 Å². The fourth-order valence-corrected chi connectivity index (χ4v) is 3.10. The van der Waals surface area contributed by atoms with Crippen LogP contribution < -0.4 is 9.64 Å². The molecule has 1 aliphatic rings. The van der Waals surface area contributed by atoms with Crippen LogP contribution in [-0.4, -0.2) is 42.5 Å². The van der Waals surface area contributed by atoms with E-state index in [2.05, 4.69) is 0 Å². The first kappa shape index (κ1) is 17.9. The smallest absolute Gasteiger partial charge is 0.254 e. The van der Waals surface area contributed by atoms with Crippen molar-refractivity contribution in [3.8, 4) is 5.75 Å². The lowest BCUT2D eigenvalue weighted by Crippen LogP contribution is -2.57. The highest BCUT2D eigenvalue weighted by Gasteiger charge is 2.35. The standard InChI is InChI=1S/C20H21FN2O3/c1-3-26-18-9-5-8-17(13-18)23-11-10-22(14(2)19(23)24)20(25)15-6-4-7-16(21)12-15/h4-9,12-14H,3,10-11H2,1-2H3/t14-/m1/s1. The van der Waals surface area contributed by atoms with E-state index in [9.17, 15) is 14.0 Å². The largest absolute Gasteiger partial charge is 0.494 e. The Hall–Kier alpha value is -2.89. The number of carbonyl (C=O) groups is 2. The number of carbonyl (C=O) groups excluding carboxylic acids is 2. The van der Waals surface area contributed by atoms with Crippen LogP contribution in [0.2, 0.25) is 0 Å². The molecule has 0 radical (unpaired) electrons. The van der Waals surface area contributed by atoms with Crippen LogP contribution in [0.5, 0.6) is 5.75 Å². The van der Waals surface area contributed by atoms with Gasteiger partial charge in [0.05, 0.1) is 6.61 Å². The van der Waals surface area contributed by atoms with Crippen LogP contribution in [0.3, 0.4) is 0 Å². The average Bonchev–Trinajstić information content (AvgIpc) is 2.64. The Labute approximate surface area is 152 Å². The van der Waals surface area contributed by atoms with E-state index >= 15 is 0 Å². The lowest BCUT2D eigenvalue weighted by molar-refractivity contribution is -0.124. The highest BCUT2D eigenvalue weighted by atomic mass is 19.1. The first-order chi connectivity index (χ1) is 12.5. The number of ether oxygens (including phenoxy) is 1. The highest BCUT2D eigenvalue weighted by molar-refractivity contribution is 6.03. The predicted octanol–water partition coefficient (Wildman–Crippen LogP) is 3.10. The van der Waals surface area contributed by atoms with Crippen LogP contribution in [-0.2, 0) is 4.79 Å². The summed E-state index contributed by atoms with van der Waals surface area (Å²) >= 11 is 0. The summed E-state index contributed by atoms with van der Waals surface area (Å²) in [5.41, 5.74) is 0.988. The van der Waals surface area contributed by atoms with Crippen molar-refractivity contribution in [3.05, 3.63) is 59.9 Å². The second-order valence-corrected chi connectivity index (χ2v) is 6.11. The quantitative estimate of drug-likeness (QED) is 0.846. The number of nitrogens with zero attached hydrogens (tertiary/aromatic N) is 2. The normalized spacial score (nSPS) is 17.3. The van der Waals surface area contributed by atoms with Crippen LogP contribution in [0.1, 0.15) is 24.2 Å². The third kappa shape index (κ3) is 3.54. The van der Waals surface area contributed by atoms with Crippen molar-refractivity contribution in [2.75, 3.05) is 24.6 Å². The molecule has 1 heterocycles. The van der Waals surface area contributed by atoms with E-state index in [0.29, 0.717) is 25.4 Å². The SMILES string of the molecule is CCOc1cccc(N2CCN(C(=O)c3cccc(F)c3)[C@H](C)C2=O)c1. The Morgan fingerprint density at radius 3 is 2.69 bits per heavy atom. The number of rotatable bonds is 4. The van der Waals surface area contributed by atoms with Crippen molar-refractivity contribution in [2.24, 2.45) is 0 Å². The molecule has 1 atom stereocenters. The molecule has 0 aliphatic carbocycles. The van der Waals surface area contributed by atoms with E-state index in [-0.39, 0.29) is 17.4 Å². The van der Waals surface area contributed by atoms with E-state index in [4.69, 9.17) is 4.74 Å². The Bertz CT molecular complexity index is 824. The first-order valence-electron chi connectivity index (χ1n) is 8.62. The van der Waals surface area contributed by atoms with Crippen LogP contribution in [0.25, 0.3) is 0 Å². The van der Waals surface area contributed by atoms with Crippen molar-refractivity contribution in [3.63, 3.8) is 0 Å². The maximum Gasteiger partial charge on any atom is 0.254 e. The average molecular weight is 356 g/mol. The van der Waals surface area contributed by atoms with Crippen molar-refractivity contribution in [2.45, 2.75) is 19.9 Å². The third-order valence-corrected chi connectivity index (χ3v) is 4.43. The Morgan fingerprint density at radius 1 is 1.19 bits per heavy atom. The minimum atomic E-state index is -0.629. The van der Waals surface area contributed by atoms with Gasteiger partial charge in [0.1, 0.15) is 17.6 Å². The zero-order valence-corrected chi connectivity index (χ0v) is 14.8. The molecule has 3 rings (SSSR count). The van der Waals surface area contributed by atoms with Crippen molar-refractivity contribution in [1.82, 2.24) is 4.90 Å². The molecule has 0 aromatic heterocycles. The molecule has 0 saturated carbocycles. The summed E-state index contributed by atoms with van der Waals surface area (Å²) in [5.74, 6) is -0.285. The van der Waals surface area contributed by atoms with Crippen molar-refractivity contribution < 1.29 is 18.7 Å². The van der Waals surface area contributed by atoms with Crippen LogP contribution in [0, 0.1) is 5.82 Å². The third-order valence-electron chi connectivity index (χ3n) is 4.43. The second kappa shape index (κ2) is 7.56. The fourth-order valence-electron chi connectivity index (χ4n) is 3.10. The maximum absolute atomic E-state index is 13.4. The summed E-state index contributed by atoms with van der Waals surface area (Å²) in [6.45, 7) is 4.89. The molecule has 1 aliphatic heterocycles. The molecule has 2 aromatic carbocycles. The van der Waals surface area contributed by atoms with E-state index < -0.39 is 11.9 Å². The van der Waals surface area contributed by atoms with E-state index in [1.165, 1.54) is 23.1 Å². The first-order valence-corrected chi connectivity index (χ1v) is 8.62. The monoisotopic (exact) mass is 356 g/mol. The molecular weight excluding hydrogens is 335 g/mol. The van der Waals surface area contributed by atoms with Gasteiger partial charge in [-0.2, -0.15) is 0 Å². The predicted molar refractivity (Wildman–Crippen MR) is 96.9 cm³/mol. The van der Waals surface area contributed by atoms with Gasteiger partial charge in [-0.3, -0.25) is 9.59 Å². The molecule has 5 nitrogen and oxygen atoms in total. The maximum atomic E-state index is 13.4. The number of piperazine rings is 1. The molecule has 0 spiro atoms. The van der Waals surface area contributed by atoms with Crippen LogP contribution >= 0.6 is 0 Å². The molecule has 1 saturated heterocycles. The number of amides is 2. The van der Waals surface area contributed by atoms with Gasteiger partial charge < -0.3 is 14.5 Å². The van der Waals surface area contributed by atoms with Gasteiger partial charge in [-0.25, -0.2) is 4.39 Å². The Morgan fingerprint density at radius 2 is 1.96 bits per heavy atom. The zero-order valence-electron chi connectivity index (χ0n) is 14.8. The molecule has 6 heteroatoms. The van der Waals surface area contributed by atoms with Crippen LogP contribution in [0.4, 0.5) is 10.1 Å². The molecule has 2 amide bonds. The van der Waals surface area contributed by atoms with Crippen molar-refractivity contribution in [1.29, 1.82) is 0 Å². The molecular formula is C20H21FN2O3. The number of hydrogen-bond acceptors (Lipinski definition) is 3. The molecule has 1 fully saturated rings. The van der Waals surface area contributed by atoms with Crippen LogP contribution in [0.15, 0.2) is 48.5 Å². The lowest BCUT2D eigenvalue weighted by Gasteiger charge is -2.39. The molecule has 0 bridgehead atoms. The van der Waals surface area contributed by atoms with E-state index in [1.807, 2.05) is 31.2 Å². The van der Waals surface area contributed by atoms with Gasteiger partial charge in [0.2, 0.25) is 5.91 Å². The Balaban J connectivity index is 1.78. The van der Waals surface area contributed by atoms with Gasteiger partial charge in [-0.15, -0.1) is 0 Å². The van der Waals surface area contributed by atoms with Gasteiger partial charge in [0.25, 0.3) is 5.91 Å². The summed E-state index contributed by atoms with van der Waals surface area (Å²) in [6.07, 6.45) is 0.